The van der Waals surface area contributed by atoms with Crippen molar-refractivity contribution in [3.63, 3.8) is 0 Å². The van der Waals surface area contributed by atoms with Crippen LogP contribution >= 0.6 is 0 Å². The summed E-state index contributed by atoms with van der Waals surface area (Å²) in [4.78, 5) is 0. The highest BCUT2D eigenvalue weighted by Gasteiger charge is 2.22. The van der Waals surface area contributed by atoms with Gasteiger partial charge in [-0.1, -0.05) is 67.9 Å². The van der Waals surface area contributed by atoms with E-state index < -0.39 is 0 Å². The minimum Gasteiger partial charge on any atom is -0.0622 e. The summed E-state index contributed by atoms with van der Waals surface area (Å²) < 4.78 is 1.85. The monoisotopic (exact) mass is 329 g/mol. The fourth-order valence-electron chi connectivity index (χ4n) is 2.99. The molecule has 0 amide bonds. The molecule has 2 heteroatoms. The van der Waals surface area contributed by atoms with Gasteiger partial charge in [-0.15, -0.1) is 0 Å². The van der Waals surface area contributed by atoms with Gasteiger partial charge in [-0.05, 0) is 45.8 Å². The van der Waals surface area contributed by atoms with E-state index in [0.29, 0.717) is 0 Å². The molecule has 1 heterocycles. The molecule has 0 spiro atoms. The van der Waals surface area contributed by atoms with Crippen molar-refractivity contribution in [2.45, 2.75) is 33.1 Å². The second kappa shape index (κ2) is 6.64. The average Bonchev–Trinajstić information content (AvgIpc) is 2.61. The number of hydrogen-bond donors (Lipinski definition) is 0. The van der Waals surface area contributed by atoms with Crippen molar-refractivity contribution < 1.29 is 4.68 Å². The molecule has 0 aliphatic heterocycles. The van der Waals surface area contributed by atoms with Crippen LogP contribution in [-0.4, -0.2) is 6.72 Å². The molecule has 25 heavy (non-hydrogen) atoms. The maximum atomic E-state index is 4.18. The first-order chi connectivity index (χ1) is 11.9. The predicted molar refractivity (Wildman–Crippen MR) is 106 cm³/mol. The first kappa shape index (κ1) is 17.1. The molecule has 0 aliphatic rings. The number of rotatable bonds is 3. The Kier molecular flexibility index (Phi) is 4.54. The molecule has 126 valence electrons. The maximum absolute atomic E-state index is 4.18. The second-order valence-electron chi connectivity index (χ2n) is 7.43. The van der Waals surface area contributed by atoms with Crippen LogP contribution in [0.15, 0.2) is 72.0 Å². The third kappa shape index (κ3) is 3.53. The summed E-state index contributed by atoms with van der Waals surface area (Å²) in [6.07, 6.45) is 2.00. The van der Waals surface area contributed by atoms with Gasteiger partial charge >= 0.3 is 0 Å². The van der Waals surface area contributed by atoms with E-state index in [2.05, 4.69) is 94.1 Å². The topological polar surface area (TPSA) is 16.2 Å². The van der Waals surface area contributed by atoms with Crippen molar-refractivity contribution in [2.75, 3.05) is 0 Å². The minimum atomic E-state index is 0.0833. The van der Waals surface area contributed by atoms with E-state index in [0.717, 1.165) is 5.69 Å². The number of aryl methyl sites for hydroxylation is 1. The molecule has 0 fully saturated rings. The van der Waals surface area contributed by atoms with Crippen molar-refractivity contribution >= 4 is 6.72 Å². The number of pyridine rings is 1. The zero-order chi connectivity index (χ0) is 18.0. The van der Waals surface area contributed by atoms with E-state index in [4.69, 9.17) is 0 Å². The lowest BCUT2D eigenvalue weighted by Crippen LogP contribution is -2.31. The molecule has 0 aliphatic carbocycles. The zero-order valence-electron chi connectivity index (χ0n) is 15.5. The molecule has 3 aromatic rings. The van der Waals surface area contributed by atoms with Gasteiger partial charge in [0.15, 0.2) is 0 Å². The first-order valence-electron chi connectivity index (χ1n) is 8.60. The predicted octanol–water partition coefficient (Wildman–Crippen LogP) is 5.38. The van der Waals surface area contributed by atoms with Crippen molar-refractivity contribution in [3.8, 4) is 22.4 Å². The van der Waals surface area contributed by atoms with Gasteiger partial charge in [0.2, 0.25) is 11.9 Å². The molecule has 0 radical (unpaired) electrons. The summed E-state index contributed by atoms with van der Waals surface area (Å²) in [5.41, 5.74) is 7.26. The lowest BCUT2D eigenvalue weighted by molar-refractivity contribution is -0.667. The minimum absolute atomic E-state index is 0.0833. The highest BCUT2D eigenvalue weighted by atomic mass is 15.3. The summed E-state index contributed by atoms with van der Waals surface area (Å²) in [7, 11) is 0. The Bertz CT molecular complexity index is 903. The molecular weight excluding hydrogens is 304 g/mol. The molecule has 0 unspecified atom stereocenters. The van der Waals surface area contributed by atoms with Crippen molar-refractivity contribution in [1.29, 1.82) is 0 Å². The highest BCUT2D eigenvalue weighted by Crippen LogP contribution is 2.30. The van der Waals surface area contributed by atoms with Crippen molar-refractivity contribution in [2.24, 2.45) is 5.10 Å². The molecule has 0 atom stereocenters. The molecule has 3 rings (SSSR count). The normalized spacial score (nSPS) is 11.4. The van der Waals surface area contributed by atoms with Gasteiger partial charge in [0, 0.05) is 12.1 Å². The molecule has 1 aromatic heterocycles. The zero-order valence-corrected chi connectivity index (χ0v) is 15.5. The van der Waals surface area contributed by atoms with Gasteiger partial charge in [-0.2, -0.15) is 0 Å². The van der Waals surface area contributed by atoms with Crippen molar-refractivity contribution in [3.05, 3.63) is 78.0 Å². The van der Waals surface area contributed by atoms with E-state index in [1.165, 1.54) is 27.8 Å². The fourth-order valence-corrected chi connectivity index (χ4v) is 2.99. The van der Waals surface area contributed by atoms with Gasteiger partial charge in [0.05, 0.1) is 12.3 Å². The molecule has 0 saturated heterocycles. The van der Waals surface area contributed by atoms with E-state index in [9.17, 15) is 0 Å². The number of hydrogen-bond acceptors (Lipinski definition) is 1. The van der Waals surface area contributed by atoms with Gasteiger partial charge in [-0.25, -0.2) is 0 Å². The molecule has 2 aromatic carbocycles. The van der Waals surface area contributed by atoms with Gasteiger partial charge in [-0.3, -0.25) is 0 Å². The molecule has 2 nitrogen and oxygen atoms in total. The van der Waals surface area contributed by atoms with E-state index in [-0.39, 0.29) is 5.41 Å². The summed E-state index contributed by atoms with van der Waals surface area (Å²) in [5.74, 6) is 0. The Morgan fingerprint density at radius 3 is 2.24 bits per heavy atom. The van der Waals surface area contributed by atoms with Crippen molar-refractivity contribution in [1.82, 2.24) is 0 Å². The van der Waals surface area contributed by atoms with Crippen LogP contribution in [0.5, 0.6) is 0 Å². The largest absolute Gasteiger partial charge is 0.245 e. The Hall–Kier alpha value is -2.74. The summed E-state index contributed by atoms with van der Waals surface area (Å²) in [5, 5.41) is 4.18. The molecule has 0 bridgehead atoms. The molecule has 0 N–H and O–H groups in total. The van der Waals surface area contributed by atoms with Crippen LogP contribution in [0.3, 0.4) is 0 Å². The summed E-state index contributed by atoms with van der Waals surface area (Å²) in [6, 6.07) is 21.4. The number of nitrogens with zero attached hydrogens (tertiary/aromatic N) is 2. The first-order valence-corrected chi connectivity index (χ1v) is 8.60. The molecule has 0 saturated carbocycles. The Balaban J connectivity index is 2.20. The van der Waals surface area contributed by atoms with Crippen LogP contribution in [0.4, 0.5) is 0 Å². The summed E-state index contributed by atoms with van der Waals surface area (Å²) in [6.45, 7) is 12.6. The van der Waals surface area contributed by atoms with Gasteiger partial charge in [0.25, 0.3) is 0 Å². The number of benzene rings is 2. The third-order valence-corrected chi connectivity index (χ3v) is 4.57. The van der Waals surface area contributed by atoms with E-state index >= 15 is 0 Å². The van der Waals surface area contributed by atoms with Gasteiger partial charge < -0.3 is 0 Å². The van der Waals surface area contributed by atoms with Crippen LogP contribution < -0.4 is 4.68 Å². The Morgan fingerprint density at radius 2 is 1.60 bits per heavy atom. The fraction of sp³-hybridized carbons (Fsp3) is 0.217. The second-order valence-corrected chi connectivity index (χ2v) is 7.43. The third-order valence-electron chi connectivity index (χ3n) is 4.57. The van der Waals surface area contributed by atoms with Crippen LogP contribution in [0.2, 0.25) is 0 Å². The molecular formula is C23H25N2+. The highest BCUT2D eigenvalue weighted by molar-refractivity contribution is 5.73. The number of aromatic nitrogens is 1. The smallest absolute Gasteiger partial charge is 0.0622 e. The average molecular weight is 329 g/mol. The van der Waals surface area contributed by atoms with Crippen LogP contribution in [0, 0.1) is 6.92 Å². The van der Waals surface area contributed by atoms with Gasteiger partial charge in [0.1, 0.15) is 0 Å². The standard InChI is InChI=1S/C23H25N2/c1-17-11-12-19(18-9-7-6-8-10-18)15-21(17)22-16-20(23(2,3)4)13-14-25(22)24-5/h6-16H,5H2,1-4H3/q+1. The van der Waals surface area contributed by atoms with Crippen LogP contribution in [0.1, 0.15) is 31.9 Å². The SMILES string of the molecule is C=N[n+]1ccc(C(C)(C)C)cc1-c1cc(-c2ccccc2)ccc1C. The summed E-state index contributed by atoms with van der Waals surface area (Å²) >= 11 is 0. The van der Waals surface area contributed by atoms with Crippen LogP contribution in [0.25, 0.3) is 22.4 Å². The Morgan fingerprint density at radius 1 is 0.880 bits per heavy atom. The lowest BCUT2D eigenvalue weighted by Gasteiger charge is -2.18. The van der Waals surface area contributed by atoms with E-state index in [1.807, 2.05) is 16.9 Å². The van der Waals surface area contributed by atoms with Crippen LogP contribution in [-0.2, 0) is 5.41 Å². The maximum Gasteiger partial charge on any atom is 0.245 e. The van der Waals surface area contributed by atoms with E-state index in [1.54, 1.807) is 0 Å². The lowest BCUT2D eigenvalue weighted by atomic mass is 9.86. The Labute approximate surface area is 150 Å². The quantitative estimate of drug-likeness (QED) is 0.453.